The first-order chi connectivity index (χ1) is 10.6. The van der Waals surface area contributed by atoms with Crippen molar-refractivity contribution in [1.29, 1.82) is 0 Å². The molecule has 0 spiro atoms. The van der Waals surface area contributed by atoms with Gasteiger partial charge in [0.25, 0.3) is 0 Å². The molecule has 22 heavy (non-hydrogen) atoms. The molecule has 2 N–H and O–H groups in total. The van der Waals surface area contributed by atoms with E-state index >= 15 is 0 Å². The third-order valence-corrected chi connectivity index (χ3v) is 3.74. The molecule has 0 radical (unpaired) electrons. The first kappa shape index (κ1) is 16.6. The van der Waals surface area contributed by atoms with Gasteiger partial charge in [0.05, 0.1) is 11.6 Å². The van der Waals surface area contributed by atoms with Crippen LogP contribution in [0.5, 0.6) is 17.2 Å². The summed E-state index contributed by atoms with van der Waals surface area (Å²) in [6, 6.07) is 12.9. The number of nitrogens with two attached hydrogens (primary N) is 1. The molecule has 0 saturated heterocycles. The Labute approximate surface area is 143 Å². The zero-order valence-corrected chi connectivity index (χ0v) is 14.4. The fourth-order valence-corrected chi connectivity index (χ4v) is 2.37. The van der Waals surface area contributed by atoms with E-state index in [-0.39, 0.29) is 0 Å². The molecule has 0 aromatic heterocycles. The smallest absolute Gasteiger partial charge is 0.133 e. The summed E-state index contributed by atoms with van der Waals surface area (Å²) in [5.41, 5.74) is 6.38. The van der Waals surface area contributed by atoms with E-state index in [1.807, 2.05) is 42.5 Å². The van der Waals surface area contributed by atoms with Gasteiger partial charge in [0.15, 0.2) is 0 Å². The summed E-state index contributed by atoms with van der Waals surface area (Å²) in [5, 5.41) is 0. The van der Waals surface area contributed by atoms with Gasteiger partial charge in [-0.1, -0.05) is 12.2 Å². The molecule has 0 aliphatic carbocycles. The van der Waals surface area contributed by atoms with Crippen molar-refractivity contribution in [2.75, 3.05) is 20.3 Å². The molecule has 0 atom stereocenters. The lowest BCUT2D eigenvalue weighted by Gasteiger charge is -2.11. The third-order valence-electron chi connectivity index (χ3n) is 2.89. The van der Waals surface area contributed by atoms with Gasteiger partial charge in [0.1, 0.15) is 35.5 Å². The van der Waals surface area contributed by atoms with E-state index in [0.717, 1.165) is 27.3 Å². The average molecular weight is 382 g/mol. The van der Waals surface area contributed by atoms with E-state index in [2.05, 4.69) is 15.9 Å². The van der Waals surface area contributed by atoms with Crippen molar-refractivity contribution in [2.45, 2.75) is 0 Å². The van der Waals surface area contributed by atoms with Crippen molar-refractivity contribution in [3.05, 3.63) is 52.5 Å². The normalized spacial score (nSPS) is 10.1. The van der Waals surface area contributed by atoms with Crippen LogP contribution in [-0.2, 0) is 0 Å². The number of halogens is 1. The Kier molecular flexibility index (Phi) is 6.03. The van der Waals surface area contributed by atoms with Crippen LogP contribution >= 0.6 is 28.1 Å². The van der Waals surface area contributed by atoms with E-state index in [1.165, 1.54) is 0 Å². The molecule has 0 saturated carbocycles. The molecule has 0 fully saturated rings. The maximum Gasteiger partial charge on any atom is 0.133 e. The largest absolute Gasteiger partial charge is 0.497 e. The number of methoxy groups -OCH3 is 1. The van der Waals surface area contributed by atoms with Gasteiger partial charge < -0.3 is 19.9 Å². The predicted octanol–water partition coefficient (Wildman–Crippen LogP) is 3.55. The summed E-state index contributed by atoms with van der Waals surface area (Å²) in [4.78, 5) is 0.357. The highest BCUT2D eigenvalue weighted by Crippen LogP contribution is 2.26. The quantitative estimate of drug-likeness (QED) is 0.586. The summed E-state index contributed by atoms with van der Waals surface area (Å²) in [5.74, 6) is 2.29. The molecule has 4 nitrogen and oxygen atoms in total. The Hall–Kier alpha value is -1.79. The first-order valence-corrected chi connectivity index (χ1v) is 7.79. The van der Waals surface area contributed by atoms with Crippen LogP contribution in [0.15, 0.2) is 46.9 Å². The molecule has 0 aliphatic rings. The Bertz CT molecular complexity index is 646. The van der Waals surface area contributed by atoms with Crippen LogP contribution in [0.25, 0.3) is 0 Å². The molecule has 0 unspecified atom stereocenters. The second kappa shape index (κ2) is 8.00. The molecule has 0 amide bonds. The van der Waals surface area contributed by atoms with Gasteiger partial charge in [-0.3, -0.25) is 0 Å². The Morgan fingerprint density at radius 2 is 1.68 bits per heavy atom. The zero-order chi connectivity index (χ0) is 15.9. The van der Waals surface area contributed by atoms with E-state index in [4.69, 9.17) is 32.2 Å². The topological polar surface area (TPSA) is 53.7 Å². The molecule has 0 bridgehead atoms. The van der Waals surface area contributed by atoms with Gasteiger partial charge in [-0.2, -0.15) is 0 Å². The van der Waals surface area contributed by atoms with Crippen molar-refractivity contribution in [3.8, 4) is 17.2 Å². The van der Waals surface area contributed by atoms with Crippen molar-refractivity contribution in [1.82, 2.24) is 0 Å². The standard InChI is InChI=1S/C16H16BrNO3S/c1-19-12-3-5-13(6-4-12)20-8-9-21-15-7-2-11(16(18)22)10-14(15)17/h2-7,10H,8-9H2,1H3,(H2,18,22). The lowest BCUT2D eigenvalue weighted by Crippen LogP contribution is -2.11. The van der Waals surface area contributed by atoms with Crippen LogP contribution < -0.4 is 19.9 Å². The second-order valence-corrected chi connectivity index (χ2v) is 5.68. The molecule has 6 heteroatoms. The molecular weight excluding hydrogens is 366 g/mol. The minimum atomic E-state index is 0.357. The lowest BCUT2D eigenvalue weighted by atomic mass is 10.2. The van der Waals surface area contributed by atoms with Gasteiger partial charge in [0.2, 0.25) is 0 Å². The van der Waals surface area contributed by atoms with Crippen molar-refractivity contribution < 1.29 is 14.2 Å². The van der Waals surface area contributed by atoms with Crippen LogP contribution in [-0.4, -0.2) is 25.3 Å². The minimum absolute atomic E-state index is 0.357. The number of hydrogen-bond donors (Lipinski definition) is 1. The zero-order valence-electron chi connectivity index (χ0n) is 12.0. The van der Waals surface area contributed by atoms with Crippen LogP contribution in [0.2, 0.25) is 0 Å². The van der Waals surface area contributed by atoms with E-state index in [9.17, 15) is 0 Å². The number of hydrogen-bond acceptors (Lipinski definition) is 4. The lowest BCUT2D eigenvalue weighted by molar-refractivity contribution is 0.216. The number of rotatable bonds is 7. The predicted molar refractivity (Wildman–Crippen MR) is 94.0 cm³/mol. The van der Waals surface area contributed by atoms with Crippen molar-refractivity contribution >= 4 is 33.1 Å². The minimum Gasteiger partial charge on any atom is -0.497 e. The number of benzene rings is 2. The van der Waals surface area contributed by atoms with Crippen LogP contribution in [0.1, 0.15) is 5.56 Å². The highest BCUT2D eigenvalue weighted by atomic mass is 79.9. The monoisotopic (exact) mass is 381 g/mol. The van der Waals surface area contributed by atoms with Gasteiger partial charge in [-0.05, 0) is 58.4 Å². The Morgan fingerprint density at radius 1 is 1.05 bits per heavy atom. The number of thiocarbonyl (C=S) groups is 1. The molecule has 0 heterocycles. The average Bonchev–Trinajstić information content (AvgIpc) is 2.53. The highest BCUT2D eigenvalue weighted by molar-refractivity contribution is 9.10. The molecule has 2 aromatic carbocycles. The maximum absolute atomic E-state index is 5.66. The van der Waals surface area contributed by atoms with E-state index in [1.54, 1.807) is 7.11 Å². The third kappa shape index (κ3) is 4.61. The van der Waals surface area contributed by atoms with Gasteiger partial charge in [-0.15, -0.1) is 0 Å². The fraction of sp³-hybridized carbons (Fsp3) is 0.188. The second-order valence-electron chi connectivity index (χ2n) is 4.38. The van der Waals surface area contributed by atoms with Crippen LogP contribution in [0.3, 0.4) is 0 Å². The fourth-order valence-electron chi connectivity index (χ4n) is 1.75. The maximum atomic E-state index is 5.66. The Morgan fingerprint density at radius 3 is 2.27 bits per heavy atom. The van der Waals surface area contributed by atoms with Crippen LogP contribution in [0.4, 0.5) is 0 Å². The molecular formula is C16H16BrNO3S. The molecule has 2 aromatic rings. The van der Waals surface area contributed by atoms with Gasteiger partial charge >= 0.3 is 0 Å². The summed E-state index contributed by atoms with van der Waals surface area (Å²) in [7, 11) is 1.63. The van der Waals surface area contributed by atoms with Crippen molar-refractivity contribution in [3.63, 3.8) is 0 Å². The number of ether oxygens (including phenoxy) is 3. The van der Waals surface area contributed by atoms with Crippen LogP contribution in [0, 0.1) is 0 Å². The van der Waals surface area contributed by atoms with E-state index in [0.29, 0.717) is 18.2 Å². The summed E-state index contributed by atoms with van der Waals surface area (Å²) in [6.07, 6.45) is 0. The van der Waals surface area contributed by atoms with E-state index < -0.39 is 0 Å². The highest BCUT2D eigenvalue weighted by Gasteiger charge is 2.04. The first-order valence-electron chi connectivity index (χ1n) is 6.59. The Balaban J connectivity index is 1.82. The molecule has 116 valence electrons. The molecule has 2 rings (SSSR count). The summed E-state index contributed by atoms with van der Waals surface area (Å²) < 4.78 is 17.1. The van der Waals surface area contributed by atoms with Crippen molar-refractivity contribution in [2.24, 2.45) is 5.73 Å². The summed E-state index contributed by atoms with van der Waals surface area (Å²) >= 11 is 8.36. The SMILES string of the molecule is COc1ccc(OCCOc2ccc(C(N)=S)cc2Br)cc1. The summed E-state index contributed by atoms with van der Waals surface area (Å²) in [6.45, 7) is 0.868. The van der Waals surface area contributed by atoms with Gasteiger partial charge in [-0.25, -0.2) is 0 Å². The molecule has 0 aliphatic heterocycles. The van der Waals surface area contributed by atoms with Gasteiger partial charge in [0, 0.05) is 5.56 Å².